The van der Waals surface area contributed by atoms with Crippen molar-refractivity contribution >= 4 is 17.0 Å². The molecule has 1 saturated heterocycles. The number of nitrogen functional groups attached to an aromatic ring is 1. The third kappa shape index (κ3) is 3.56. The number of benzene rings is 1. The SMILES string of the molecule is Nc1cccc(CN2CCN(Cc3cscn3)CC2)c1. The fourth-order valence-corrected chi connectivity index (χ4v) is 3.15. The number of hydrogen-bond acceptors (Lipinski definition) is 5. The fraction of sp³-hybridized carbons (Fsp3) is 0.400. The first-order valence-corrected chi connectivity index (χ1v) is 7.90. The largest absolute Gasteiger partial charge is 0.399 e. The molecule has 0 aliphatic carbocycles. The summed E-state index contributed by atoms with van der Waals surface area (Å²) in [5.41, 5.74) is 11.1. The second-order valence-electron chi connectivity index (χ2n) is 5.28. The van der Waals surface area contributed by atoms with Gasteiger partial charge in [0, 0.05) is 50.3 Å². The van der Waals surface area contributed by atoms with Gasteiger partial charge in [-0.05, 0) is 17.7 Å². The van der Waals surface area contributed by atoms with Crippen molar-refractivity contribution in [3.63, 3.8) is 0 Å². The highest BCUT2D eigenvalue weighted by molar-refractivity contribution is 7.07. The molecule has 0 spiro atoms. The van der Waals surface area contributed by atoms with Crippen LogP contribution in [0, 0.1) is 0 Å². The topological polar surface area (TPSA) is 45.4 Å². The summed E-state index contributed by atoms with van der Waals surface area (Å²) in [5.74, 6) is 0. The molecule has 1 aliphatic heterocycles. The lowest BCUT2D eigenvalue weighted by Crippen LogP contribution is -2.45. The standard InChI is InChI=1S/C15H20N4S/c16-14-3-1-2-13(8-14)9-18-4-6-19(7-5-18)10-15-11-20-12-17-15/h1-3,8,11-12H,4-7,9-10,16H2. The molecule has 1 fully saturated rings. The van der Waals surface area contributed by atoms with E-state index >= 15 is 0 Å². The van der Waals surface area contributed by atoms with E-state index in [1.165, 1.54) is 11.3 Å². The third-order valence-electron chi connectivity index (χ3n) is 3.69. The summed E-state index contributed by atoms with van der Waals surface area (Å²) in [6.07, 6.45) is 0. The number of nitrogens with zero attached hydrogens (tertiary/aromatic N) is 3. The summed E-state index contributed by atoms with van der Waals surface area (Å²) < 4.78 is 0. The molecule has 1 aromatic heterocycles. The van der Waals surface area contributed by atoms with Crippen LogP contribution >= 0.6 is 11.3 Å². The van der Waals surface area contributed by atoms with E-state index in [0.717, 1.165) is 45.0 Å². The van der Waals surface area contributed by atoms with Crippen LogP contribution < -0.4 is 5.73 Å². The molecule has 1 aromatic carbocycles. The molecule has 0 atom stereocenters. The van der Waals surface area contributed by atoms with E-state index in [2.05, 4.69) is 32.3 Å². The van der Waals surface area contributed by atoms with Crippen LogP contribution in [0.15, 0.2) is 35.2 Å². The lowest BCUT2D eigenvalue weighted by atomic mass is 10.2. The van der Waals surface area contributed by atoms with Crippen LogP contribution in [0.1, 0.15) is 11.3 Å². The maximum Gasteiger partial charge on any atom is 0.0795 e. The Kier molecular flexibility index (Phi) is 4.30. The first-order valence-electron chi connectivity index (χ1n) is 6.96. The van der Waals surface area contributed by atoms with Crippen molar-refractivity contribution in [3.05, 3.63) is 46.4 Å². The molecule has 2 N–H and O–H groups in total. The van der Waals surface area contributed by atoms with E-state index in [1.807, 2.05) is 17.6 Å². The number of rotatable bonds is 4. The van der Waals surface area contributed by atoms with Gasteiger partial charge in [0.25, 0.3) is 0 Å². The minimum atomic E-state index is 0.852. The summed E-state index contributed by atoms with van der Waals surface area (Å²) >= 11 is 1.67. The number of thiazole rings is 1. The first kappa shape index (κ1) is 13.5. The third-order valence-corrected chi connectivity index (χ3v) is 4.33. The molecule has 106 valence electrons. The highest BCUT2D eigenvalue weighted by atomic mass is 32.1. The molecule has 0 bridgehead atoms. The molecule has 20 heavy (non-hydrogen) atoms. The summed E-state index contributed by atoms with van der Waals surface area (Å²) in [6, 6.07) is 8.19. The highest BCUT2D eigenvalue weighted by Crippen LogP contribution is 2.13. The summed E-state index contributed by atoms with van der Waals surface area (Å²) in [4.78, 5) is 9.33. The van der Waals surface area contributed by atoms with Gasteiger partial charge in [0.1, 0.15) is 0 Å². The molecular weight excluding hydrogens is 268 g/mol. The Labute approximate surface area is 123 Å². The quantitative estimate of drug-likeness (QED) is 0.875. The zero-order valence-corrected chi connectivity index (χ0v) is 12.4. The van der Waals surface area contributed by atoms with Crippen molar-refractivity contribution < 1.29 is 0 Å². The van der Waals surface area contributed by atoms with Gasteiger partial charge < -0.3 is 5.73 Å². The second kappa shape index (κ2) is 6.35. The fourth-order valence-electron chi connectivity index (χ4n) is 2.60. The van der Waals surface area contributed by atoms with Crippen molar-refractivity contribution in [1.29, 1.82) is 0 Å². The van der Waals surface area contributed by atoms with E-state index in [1.54, 1.807) is 11.3 Å². The number of hydrogen-bond donors (Lipinski definition) is 1. The van der Waals surface area contributed by atoms with E-state index in [9.17, 15) is 0 Å². The van der Waals surface area contributed by atoms with E-state index in [4.69, 9.17) is 5.73 Å². The Bertz CT molecular complexity index is 533. The number of anilines is 1. The Balaban J connectivity index is 1.48. The predicted octanol–water partition coefficient (Wildman–Crippen LogP) is 2.04. The van der Waals surface area contributed by atoms with Gasteiger partial charge in [0.2, 0.25) is 0 Å². The van der Waals surface area contributed by atoms with Crippen LogP contribution in [0.2, 0.25) is 0 Å². The Morgan fingerprint density at radius 2 is 1.85 bits per heavy atom. The normalized spacial score (nSPS) is 17.4. The van der Waals surface area contributed by atoms with Crippen LogP contribution in [-0.4, -0.2) is 41.0 Å². The second-order valence-corrected chi connectivity index (χ2v) is 6.00. The van der Waals surface area contributed by atoms with Gasteiger partial charge in [-0.3, -0.25) is 9.80 Å². The Hall–Kier alpha value is -1.43. The van der Waals surface area contributed by atoms with Gasteiger partial charge in [0.05, 0.1) is 11.2 Å². The van der Waals surface area contributed by atoms with Crippen molar-refractivity contribution in [2.24, 2.45) is 0 Å². The molecule has 0 unspecified atom stereocenters. The van der Waals surface area contributed by atoms with E-state index in [0.29, 0.717) is 0 Å². The zero-order chi connectivity index (χ0) is 13.8. The number of nitrogens with two attached hydrogens (primary N) is 1. The molecule has 4 nitrogen and oxygen atoms in total. The van der Waals surface area contributed by atoms with Crippen molar-refractivity contribution in [1.82, 2.24) is 14.8 Å². The molecule has 0 radical (unpaired) electrons. The molecule has 0 amide bonds. The van der Waals surface area contributed by atoms with Crippen molar-refractivity contribution in [2.75, 3.05) is 31.9 Å². The van der Waals surface area contributed by atoms with Gasteiger partial charge >= 0.3 is 0 Å². The molecule has 5 heteroatoms. The number of aromatic nitrogens is 1. The molecule has 1 aliphatic rings. The summed E-state index contributed by atoms with van der Waals surface area (Å²) in [5, 5.41) is 2.14. The average molecular weight is 288 g/mol. The van der Waals surface area contributed by atoms with Gasteiger partial charge in [-0.15, -0.1) is 11.3 Å². The minimum absolute atomic E-state index is 0.852. The summed E-state index contributed by atoms with van der Waals surface area (Å²) in [6.45, 7) is 6.42. The minimum Gasteiger partial charge on any atom is -0.399 e. The molecule has 2 aromatic rings. The van der Waals surface area contributed by atoms with E-state index in [-0.39, 0.29) is 0 Å². The Morgan fingerprint density at radius 3 is 2.50 bits per heavy atom. The van der Waals surface area contributed by atoms with Crippen LogP contribution in [0.4, 0.5) is 5.69 Å². The van der Waals surface area contributed by atoms with Gasteiger partial charge in [-0.2, -0.15) is 0 Å². The lowest BCUT2D eigenvalue weighted by molar-refractivity contribution is 0.121. The molecular formula is C15H20N4S. The maximum atomic E-state index is 5.83. The highest BCUT2D eigenvalue weighted by Gasteiger charge is 2.17. The monoisotopic (exact) mass is 288 g/mol. The van der Waals surface area contributed by atoms with Crippen LogP contribution in [0.25, 0.3) is 0 Å². The molecule has 2 heterocycles. The smallest absolute Gasteiger partial charge is 0.0795 e. The summed E-state index contributed by atoms with van der Waals surface area (Å²) in [7, 11) is 0. The zero-order valence-electron chi connectivity index (χ0n) is 11.5. The average Bonchev–Trinajstić information content (AvgIpc) is 2.94. The van der Waals surface area contributed by atoms with Crippen molar-refractivity contribution in [2.45, 2.75) is 13.1 Å². The molecule has 0 saturated carbocycles. The molecule has 3 rings (SSSR count). The Morgan fingerprint density at radius 1 is 1.10 bits per heavy atom. The maximum absolute atomic E-state index is 5.83. The van der Waals surface area contributed by atoms with E-state index < -0.39 is 0 Å². The van der Waals surface area contributed by atoms with Gasteiger partial charge in [-0.1, -0.05) is 12.1 Å². The van der Waals surface area contributed by atoms with Crippen molar-refractivity contribution in [3.8, 4) is 0 Å². The first-order chi connectivity index (χ1) is 9.79. The lowest BCUT2D eigenvalue weighted by Gasteiger charge is -2.34. The number of piperazine rings is 1. The predicted molar refractivity (Wildman–Crippen MR) is 83.5 cm³/mol. The van der Waals surface area contributed by atoms with Gasteiger partial charge in [-0.25, -0.2) is 4.98 Å². The van der Waals surface area contributed by atoms with Crippen LogP contribution in [-0.2, 0) is 13.1 Å². The van der Waals surface area contributed by atoms with Crippen LogP contribution in [0.3, 0.4) is 0 Å². The van der Waals surface area contributed by atoms with Crippen LogP contribution in [0.5, 0.6) is 0 Å². The van der Waals surface area contributed by atoms with Gasteiger partial charge in [0.15, 0.2) is 0 Å².